The van der Waals surface area contributed by atoms with Crippen LogP contribution in [-0.4, -0.2) is 81.9 Å². The molecular weight excluding hydrogens is 512 g/mol. The van der Waals surface area contributed by atoms with Crippen LogP contribution in [0.15, 0.2) is 0 Å². The molecule has 8 heteroatoms. The zero-order valence-corrected chi connectivity index (χ0v) is 26.1. The number of ether oxygens (including phenoxy) is 3. The Hall–Kier alpha value is -0.380. The summed E-state index contributed by atoms with van der Waals surface area (Å²) < 4.78 is 16.3. The molecule has 0 bridgehead atoms. The Morgan fingerprint density at radius 1 is 0.564 bits per heavy atom. The van der Waals surface area contributed by atoms with E-state index >= 15 is 0 Å². The number of nitrogens with two attached hydrogens (primary N) is 1. The Kier molecular flexibility index (Phi) is 35.3. The van der Waals surface area contributed by atoms with E-state index in [0.717, 1.165) is 32.1 Å². The smallest absolute Gasteiger partial charge is 0.219 e. The van der Waals surface area contributed by atoms with Gasteiger partial charge in [-0.05, 0) is 56.6 Å². The lowest BCUT2D eigenvalue weighted by Crippen LogP contribution is -2.25. The molecule has 0 aliphatic carbocycles. The molecule has 0 aromatic carbocycles. The van der Waals surface area contributed by atoms with Gasteiger partial charge in [0.2, 0.25) is 5.91 Å². The first kappa shape index (κ1) is 38.6. The summed E-state index contributed by atoms with van der Waals surface area (Å²) in [6, 6.07) is 0. The van der Waals surface area contributed by atoms with Crippen LogP contribution < -0.4 is 11.1 Å². The van der Waals surface area contributed by atoms with Crippen molar-refractivity contribution in [1.29, 1.82) is 0 Å². The normalized spacial score (nSPS) is 11.3. The standard InChI is InChI=1S/C31H64N2O5S/c32-20-17-23-36-25-27-38-28-26-37-24-18-21-33-31(35)19-13-9-5-1-3-7-11-15-29-39-30-16-12-8-4-2-6-10-14-22-34/h34H,1-30,32H2,(H,33,35). The van der Waals surface area contributed by atoms with E-state index in [4.69, 9.17) is 25.1 Å². The van der Waals surface area contributed by atoms with Crippen LogP contribution in [0.2, 0.25) is 0 Å². The van der Waals surface area contributed by atoms with Gasteiger partial charge in [-0.15, -0.1) is 0 Å². The quantitative estimate of drug-likeness (QED) is 0.0778. The lowest BCUT2D eigenvalue weighted by atomic mass is 10.1. The van der Waals surface area contributed by atoms with Gasteiger partial charge in [-0.3, -0.25) is 4.79 Å². The summed E-state index contributed by atoms with van der Waals surface area (Å²) in [4.78, 5) is 11.9. The van der Waals surface area contributed by atoms with E-state index in [9.17, 15) is 4.79 Å². The lowest BCUT2D eigenvalue weighted by molar-refractivity contribution is -0.121. The van der Waals surface area contributed by atoms with E-state index in [1.54, 1.807) is 0 Å². The van der Waals surface area contributed by atoms with Crippen LogP contribution >= 0.6 is 11.8 Å². The van der Waals surface area contributed by atoms with Gasteiger partial charge in [-0.25, -0.2) is 0 Å². The van der Waals surface area contributed by atoms with Gasteiger partial charge >= 0.3 is 0 Å². The van der Waals surface area contributed by atoms with Crippen LogP contribution in [0.3, 0.4) is 0 Å². The van der Waals surface area contributed by atoms with Crippen LogP contribution in [-0.2, 0) is 19.0 Å². The van der Waals surface area contributed by atoms with Crippen LogP contribution in [0, 0.1) is 0 Å². The topological polar surface area (TPSA) is 103 Å². The number of rotatable bonds is 34. The summed E-state index contributed by atoms with van der Waals surface area (Å²) in [6.45, 7) is 5.35. The van der Waals surface area contributed by atoms with Crippen LogP contribution in [0.4, 0.5) is 0 Å². The van der Waals surface area contributed by atoms with Crippen LogP contribution in [0.5, 0.6) is 0 Å². The van der Waals surface area contributed by atoms with Gasteiger partial charge in [0.1, 0.15) is 0 Å². The minimum Gasteiger partial charge on any atom is -0.396 e. The second-order valence-corrected chi connectivity index (χ2v) is 11.7. The van der Waals surface area contributed by atoms with Gasteiger partial charge in [0.05, 0.1) is 26.4 Å². The van der Waals surface area contributed by atoms with Gasteiger partial charge in [-0.1, -0.05) is 77.0 Å². The van der Waals surface area contributed by atoms with E-state index in [2.05, 4.69) is 17.1 Å². The number of aliphatic hydroxyl groups excluding tert-OH is 1. The minimum atomic E-state index is 0.166. The number of aliphatic hydroxyl groups is 1. The molecule has 0 aromatic heterocycles. The van der Waals surface area contributed by atoms with Crippen molar-refractivity contribution in [3.05, 3.63) is 0 Å². The Morgan fingerprint density at radius 2 is 1.00 bits per heavy atom. The Balaban J connectivity index is 3.13. The molecule has 0 aromatic rings. The molecule has 0 saturated carbocycles. The van der Waals surface area contributed by atoms with E-state index in [1.807, 2.05) is 0 Å². The SMILES string of the molecule is NCCCOCCOCCOCCCNC(=O)CCCCCCCCCCSCCCCCCCCCCO. The predicted octanol–water partition coefficient (Wildman–Crippen LogP) is 6.25. The Morgan fingerprint density at radius 3 is 1.51 bits per heavy atom. The number of carbonyl (C=O) groups is 1. The molecule has 0 saturated heterocycles. The van der Waals surface area contributed by atoms with Gasteiger partial charge in [0.15, 0.2) is 0 Å². The van der Waals surface area contributed by atoms with Crippen molar-refractivity contribution in [2.45, 2.75) is 122 Å². The first-order valence-electron chi connectivity index (χ1n) is 16.2. The van der Waals surface area contributed by atoms with Crippen molar-refractivity contribution >= 4 is 17.7 Å². The molecule has 0 spiro atoms. The van der Waals surface area contributed by atoms with Crippen molar-refractivity contribution in [1.82, 2.24) is 5.32 Å². The fraction of sp³-hybridized carbons (Fsp3) is 0.968. The second-order valence-electron chi connectivity index (χ2n) is 10.4. The number of amides is 1. The first-order chi connectivity index (χ1) is 19.3. The van der Waals surface area contributed by atoms with Gasteiger partial charge in [-0.2, -0.15) is 11.8 Å². The predicted molar refractivity (Wildman–Crippen MR) is 167 cm³/mol. The highest BCUT2D eigenvalue weighted by Crippen LogP contribution is 2.14. The number of thioether (sulfide) groups is 1. The number of unbranched alkanes of at least 4 members (excludes halogenated alkanes) is 14. The summed E-state index contributed by atoms with van der Waals surface area (Å²) in [5, 5.41) is 11.8. The Labute approximate surface area is 245 Å². The zero-order chi connectivity index (χ0) is 28.3. The lowest BCUT2D eigenvalue weighted by Gasteiger charge is -2.08. The summed E-state index contributed by atoms with van der Waals surface area (Å²) >= 11 is 2.14. The third-order valence-corrected chi connectivity index (χ3v) is 7.82. The van der Waals surface area contributed by atoms with E-state index < -0.39 is 0 Å². The molecule has 234 valence electrons. The zero-order valence-electron chi connectivity index (χ0n) is 25.3. The molecular formula is C31H64N2O5S. The molecule has 0 rings (SSSR count). The number of hydrogen-bond acceptors (Lipinski definition) is 7. The van der Waals surface area contributed by atoms with Crippen molar-refractivity contribution < 1.29 is 24.1 Å². The molecule has 0 atom stereocenters. The molecule has 0 radical (unpaired) electrons. The summed E-state index contributed by atoms with van der Waals surface area (Å²) in [5.74, 6) is 2.82. The van der Waals surface area contributed by atoms with Crippen molar-refractivity contribution in [3.63, 3.8) is 0 Å². The fourth-order valence-electron chi connectivity index (χ4n) is 4.25. The summed E-state index contributed by atoms with van der Waals surface area (Å²) in [5.41, 5.74) is 5.40. The summed E-state index contributed by atoms with van der Waals surface area (Å²) in [6.07, 6.45) is 22.8. The van der Waals surface area contributed by atoms with E-state index in [-0.39, 0.29) is 5.91 Å². The minimum absolute atomic E-state index is 0.166. The largest absolute Gasteiger partial charge is 0.396 e. The van der Waals surface area contributed by atoms with Gasteiger partial charge < -0.3 is 30.4 Å². The maximum absolute atomic E-state index is 11.9. The molecule has 0 heterocycles. The van der Waals surface area contributed by atoms with Gasteiger partial charge in [0, 0.05) is 32.8 Å². The number of nitrogens with one attached hydrogen (secondary N) is 1. The average Bonchev–Trinajstić information content (AvgIpc) is 2.94. The highest BCUT2D eigenvalue weighted by Gasteiger charge is 2.01. The van der Waals surface area contributed by atoms with Crippen LogP contribution in [0.25, 0.3) is 0 Å². The molecule has 0 fully saturated rings. The third kappa shape index (κ3) is 35.6. The maximum atomic E-state index is 11.9. The Bertz CT molecular complexity index is 474. The molecule has 1 amide bonds. The number of hydrogen-bond donors (Lipinski definition) is 3. The highest BCUT2D eigenvalue weighted by molar-refractivity contribution is 7.99. The monoisotopic (exact) mass is 576 g/mol. The van der Waals surface area contributed by atoms with E-state index in [0.29, 0.717) is 65.8 Å². The molecule has 0 aliphatic rings. The molecule has 4 N–H and O–H groups in total. The van der Waals surface area contributed by atoms with Gasteiger partial charge in [0.25, 0.3) is 0 Å². The maximum Gasteiger partial charge on any atom is 0.219 e. The molecule has 0 unspecified atom stereocenters. The third-order valence-electron chi connectivity index (χ3n) is 6.66. The van der Waals surface area contributed by atoms with Crippen molar-refractivity contribution in [2.75, 3.05) is 70.8 Å². The first-order valence-corrected chi connectivity index (χ1v) is 17.3. The molecule has 0 aliphatic heterocycles. The summed E-state index contributed by atoms with van der Waals surface area (Å²) in [7, 11) is 0. The molecule has 7 nitrogen and oxygen atoms in total. The second kappa shape index (κ2) is 35.6. The van der Waals surface area contributed by atoms with Crippen molar-refractivity contribution in [2.24, 2.45) is 5.73 Å². The van der Waals surface area contributed by atoms with Crippen LogP contribution in [0.1, 0.15) is 122 Å². The number of carbonyl (C=O) groups excluding carboxylic acids is 1. The fourth-order valence-corrected chi connectivity index (χ4v) is 5.27. The van der Waals surface area contributed by atoms with Crippen molar-refractivity contribution in [3.8, 4) is 0 Å². The molecule has 39 heavy (non-hydrogen) atoms. The average molecular weight is 577 g/mol. The van der Waals surface area contributed by atoms with E-state index in [1.165, 1.54) is 95.0 Å². The highest BCUT2D eigenvalue weighted by atomic mass is 32.2.